The summed E-state index contributed by atoms with van der Waals surface area (Å²) >= 11 is 5.22. The van der Waals surface area contributed by atoms with E-state index in [4.69, 9.17) is 16.3 Å². The normalized spacial score (nSPS) is 10.1. The standard InChI is InChI=1S/C12H15ClO2/c1-9-5-6-10(2)11(8-9)15-7-3-4-12(13)14/h5-6,8H,3-4,7H2,1-2H3. The second-order valence-electron chi connectivity index (χ2n) is 3.58. The van der Waals surface area contributed by atoms with Crippen molar-refractivity contribution in [1.82, 2.24) is 0 Å². The van der Waals surface area contributed by atoms with Crippen LogP contribution < -0.4 is 4.74 Å². The van der Waals surface area contributed by atoms with Crippen LogP contribution in [-0.2, 0) is 4.79 Å². The van der Waals surface area contributed by atoms with Crippen molar-refractivity contribution in [3.63, 3.8) is 0 Å². The second-order valence-corrected chi connectivity index (χ2v) is 4.00. The van der Waals surface area contributed by atoms with Crippen molar-refractivity contribution >= 4 is 16.8 Å². The Morgan fingerprint density at radius 1 is 1.40 bits per heavy atom. The Morgan fingerprint density at radius 3 is 2.80 bits per heavy atom. The van der Waals surface area contributed by atoms with Gasteiger partial charge in [-0.25, -0.2) is 0 Å². The van der Waals surface area contributed by atoms with E-state index in [0.717, 1.165) is 11.3 Å². The first kappa shape index (κ1) is 12.1. The van der Waals surface area contributed by atoms with Gasteiger partial charge in [0.1, 0.15) is 5.75 Å². The van der Waals surface area contributed by atoms with E-state index in [-0.39, 0.29) is 5.24 Å². The van der Waals surface area contributed by atoms with Gasteiger partial charge in [-0.15, -0.1) is 0 Å². The molecule has 0 aliphatic rings. The van der Waals surface area contributed by atoms with E-state index < -0.39 is 0 Å². The summed E-state index contributed by atoms with van der Waals surface area (Å²) in [5.41, 5.74) is 2.28. The van der Waals surface area contributed by atoms with Gasteiger partial charge in [-0.2, -0.15) is 0 Å². The third-order valence-electron chi connectivity index (χ3n) is 2.12. The van der Waals surface area contributed by atoms with Gasteiger partial charge < -0.3 is 4.74 Å². The molecule has 0 radical (unpaired) electrons. The van der Waals surface area contributed by atoms with Crippen LogP contribution in [0.3, 0.4) is 0 Å². The lowest BCUT2D eigenvalue weighted by atomic mass is 10.1. The number of aryl methyl sites for hydroxylation is 2. The lowest BCUT2D eigenvalue weighted by Gasteiger charge is -2.09. The van der Waals surface area contributed by atoms with E-state index >= 15 is 0 Å². The Bertz CT molecular complexity index is 347. The summed E-state index contributed by atoms with van der Waals surface area (Å²) in [5.74, 6) is 0.886. The van der Waals surface area contributed by atoms with Gasteiger partial charge >= 0.3 is 0 Å². The van der Waals surface area contributed by atoms with Crippen LogP contribution >= 0.6 is 11.6 Å². The molecule has 0 aliphatic heterocycles. The lowest BCUT2D eigenvalue weighted by Crippen LogP contribution is -2.00. The third-order valence-corrected chi connectivity index (χ3v) is 2.31. The lowest BCUT2D eigenvalue weighted by molar-refractivity contribution is -0.111. The molecule has 0 atom stereocenters. The highest BCUT2D eigenvalue weighted by Gasteiger charge is 2.00. The average Bonchev–Trinajstić information content (AvgIpc) is 2.17. The van der Waals surface area contributed by atoms with Gasteiger partial charge in [0.05, 0.1) is 6.61 Å². The van der Waals surface area contributed by atoms with Crippen molar-refractivity contribution in [2.45, 2.75) is 26.7 Å². The van der Waals surface area contributed by atoms with Crippen molar-refractivity contribution in [3.05, 3.63) is 29.3 Å². The van der Waals surface area contributed by atoms with Crippen LogP contribution in [0.5, 0.6) is 5.75 Å². The zero-order chi connectivity index (χ0) is 11.3. The van der Waals surface area contributed by atoms with Gasteiger partial charge in [-0.05, 0) is 49.1 Å². The van der Waals surface area contributed by atoms with Gasteiger partial charge in [0, 0.05) is 6.42 Å². The van der Waals surface area contributed by atoms with Gasteiger partial charge in [0.25, 0.3) is 0 Å². The Labute approximate surface area is 95.2 Å². The molecule has 1 aromatic carbocycles. The van der Waals surface area contributed by atoms with E-state index in [0.29, 0.717) is 19.4 Å². The number of carbonyl (C=O) groups excluding carboxylic acids is 1. The van der Waals surface area contributed by atoms with Crippen LogP contribution in [-0.4, -0.2) is 11.8 Å². The molecule has 15 heavy (non-hydrogen) atoms. The first-order valence-corrected chi connectivity index (χ1v) is 5.36. The fourth-order valence-electron chi connectivity index (χ4n) is 1.26. The fourth-order valence-corrected chi connectivity index (χ4v) is 1.39. The molecule has 82 valence electrons. The SMILES string of the molecule is Cc1ccc(C)c(OCCCC(=O)Cl)c1. The maximum atomic E-state index is 10.5. The third kappa shape index (κ3) is 4.34. The predicted octanol–water partition coefficient (Wildman–Crippen LogP) is 3.23. The fraction of sp³-hybridized carbons (Fsp3) is 0.417. The van der Waals surface area contributed by atoms with Crippen molar-refractivity contribution in [2.75, 3.05) is 6.61 Å². The number of carbonyl (C=O) groups is 1. The van der Waals surface area contributed by atoms with E-state index in [9.17, 15) is 4.79 Å². The Hall–Kier alpha value is -1.02. The number of benzene rings is 1. The smallest absolute Gasteiger partial charge is 0.221 e. The highest BCUT2D eigenvalue weighted by atomic mass is 35.5. The predicted molar refractivity (Wildman–Crippen MR) is 61.5 cm³/mol. The molecule has 0 aliphatic carbocycles. The maximum absolute atomic E-state index is 10.5. The van der Waals surface area contributed by atoms with Crippen LogP contribution in [0.2, 0.25) is 0 Å². The summed E-state index contributed by atoms with van der Waals surface area (Å²) in [5, 5.41) is -0.306. The molecule has 0 aromatic heterocycles. The topological polar surface area (TPSA) is 26.3 Å². The first-order valence-electron chi connectivity index (χ1n) is 4.98. The maximum Gasteiger partial charge on any atom is 0.221 e. The molecule has 2 nitrogen and oxygen atoms in total. The van der Waals surface area contributed by atoms with Crippen molar-refractivity contribution in [1.29, 1.82) is 0 Å². The molecule has 0 bridgehead atoms. The van der Waals surface area contributed by atoms with Crippen LogP contribution in [0.1, 0.15) is 24.0 Å². The minimum absolute atomic E-state index is 0.306. The van der Waals surface area contributed by atoms with E-state index in [2.05, 4.69) is 0 Å². The van der Waals surface area contributed by atoms with E-state index in [1.807, 2.05) is 32.0 Å². The quantitative estimate of drug-likeness (QED) is 0.569. The van der Waals surface area contributed by atoms with Gasteiger partial charge in [-0.3, -0.25) is 4.79 Å². The summed E-state index contributed by atoms with van der Waals surface area (Å²) in [4.78, 5) is 10.5. The average molecular weight is 227 g/mol. The summed E-state index contributed by atoms with van der Waals surface area (Å²) in [6.45, 7) is 4.55. The molecular formula is C12H15ClO2. The molecule has 0 amide bonds. The first-order chi connectivity index (χ1) is 7.09. The minimum atomic E-state index is -0.306. The highest BCUT2D eigenvalue weighted by molar-refractivity contribution is 6.63. The largest absolute Gasteiger partial charge is 0.493 e. The van der Waals surface area contributed by atoms with Crippen LogP contribution in [0.25, 0.3) is 0 Å². The monoisotopic (exact) mass is 226 g/mol. The Morgan fingerprint density at radius 2 is 2.13 bits per heavy atom. The number of hydrogen-bond donors (Lipinski definition) is 0. The van der Waals surface area contributed by atoms with Crippen molar-refractivity contribution in [2.24, 2.45) is 0 Å². The summed E-state index contributed by atoms with van der Waals surface area (Å²) < 4.78 is 5.56. The number of ether oxygens (including phenoxy) is 1. The molecule has 0 saturated carbocycles. The van der Waals surface area contributed by atoms with Gasteiger partial charge in [0.15, 0.2) is 0 Å². The number of rotatable bonds is 5. The Kier molecular flexibility index (Phi) is 4.63. The van der Waals surface area contributed by atoms with E-state index in [1.54, 1.807) is 0 Å². The minimum Gasteiger partial charge on any atom is -0.493 e. The van der Waals surface area contributed by atoms with Gasteiger partial charge in [0.2, 0.25) is 5.24 Å². The molecule has 0 fully saturated rings. The Balaban J connectivity index is 2.43. The molecule has 0 heterocycles. The molecule has 0 spiro atoms. The highest BCUT2D eigenvalue weighted by Crippen LogP contribution is 2.19. The summed E-state index contributed by atoms with van der Waals surface area (Å²) in [6, 6.07) is 6.07. The molecule has 0 N–H and O–H groups in total. The molecule has 1 aromatic rings. The molecular weight excluding hydrogens is 212 g/mol. The van der Waals surface area contributed by atoms with Crippen LogP contribution in [0.15, 0.2) is 18.2 Å². The molecule has 0 saturated heterocycles. The zero-order valence-electron chi connectivity index (χ0n) is 9.05. The zero-order valence-corrected chi connectivity index (χ0v) is 9.80. The second kappa shape index (κ2) is 5.76. The molecule has 0 unspecified atom stereocenters. The van der Waals surface area contributed by atoms with Crippen molar-refractivity contribution < 1.29 is 9.53 Å². The number of halogens is 1. The summed E-state index contributed by atoms with van der Waals surface area (Å²) in [6.07, 6.45) is 1.03. The number of hydrogen-bond acceptors (Lipinski definition) is 2. The van der Waals surface area contributed by atoms with Crippen molar-refractivity contribution in [3.8, 4) is 5.75 Å². The van der Waals surface area contributed by atoms with E-state index in [1.165, 1.54) is 5.56 Å². The van der Waals surface area contributed by atoms with Crippen LogP contribution in [0, 0.1) is 13.8 Å². The van der Waals surface area contributed by atoms with Crippen LogP contribution in [0.4, 0.5) is 0 Å². The summed E-state index contributed by atoms with van der Waals surface area (Å²) in [7, 11) is 0. The molecule has 3 heteroatoms. The molecule has 1 rings (SSSR count). The van der Waals surface area contributed by atoms with Gasteiger partial charge in [-0.1, -0.05) is 12.1 Å².